The van der Waals surface area contributed by atoms with Gasteiger partial charge in [0.2, 0.25) is 11.8 Å². The highest BCUT2D eigenvalue weighted by Crippen LogP contribution is 2.27. The Labute approximate surface area is 252 Å². The van der Waals surface area contributed by atoms with Crippen molar-refractivity contribution in [1.29, 1.82) is 0 Å². The molecule has 4 heterocycles. The summed E-state index contributed by atoms with van der Waals surface area (Å²) in [6.07, 6.45) is 2.61. The maximum atomic E-state index is 12.7. The van der Waals surface area contributed by atoms with E-state index in [1.54, 1.807) is 6.20 Å². The van der Waals surface area contributed by atoms with Crippen LogP contribution in [-0.2, 0) is 27.3 Å². The number of piperidine rings is 1. The van der Waals surface area contributed by atoms with E-state index in [1.807, 2.05) is 35.7 Å². The number of carbonyl (C=O) groups is 3. The number of nitrogens with zero attached hydrogens (tertiary/aromatic N) is 5. The van der Waals surface area contributed by atoms with Gasteiger partial charge >= 0.3 is 0 Å². The first-order valence-corrected chi connectivity index (χ1v) is 15.1. The quantitative estimate of drug-likeness (QED) is 0.291. The molecule has 1 atom stereocenters. The van der Waals surface area contributed by atoms with Gasteiger partial charge in [-0.3, -0.25) is 24.6 Å². The lowest BCUT2D eigenvalue weighted by Crippen LogP contribution is -2.45. The molecule has 2 aliphatic rings. The molecule has 4 aromatic rings. The number of imide groups is 1. The zero-order valence-corrected chi connectivity index (χ0v) is 24.4. The molecule has 1 unspecified atom stereocenters. The summed E-state index contributed by atoms with van der Waals surface area (Å²) in [5.41, 5.74) is 4.63. The van der Waals surface area contributed by atoms with Gasteiger partial charge in [-0.1, -0.05) is 28.9 Å². The lowest BCUT2D eigenvalue weighted by atomic mass is 10.1. The van der Waals surface area contributed by atoms with Crippen molar-refractivity contribution in [3.63, 3.8) is 0 Å². The normalized spacial score (nSPS) is 17.7. The van der Waals surface area contributed by atoms with E-state index in [-0.39, 0.29) is 30.6 Å². The fourth-order valence-corrected chi connectivity index (χ4v) is 6.24. The van der Waals surface area contributed by atoms with Crippen LogP contribution in [0.2, 0.25) is 5.02 Å². The maximum absolute atomic E-state index is 12.7. The Morgan fingerprint density at radius 2 is 1.81 bits per heavy atom. The van der Waals surface area contributed by atoms with Gasteiger partial charge in [-0.2, -0.15) is 0 Å². The fraction of sp³-hybridized carbons (Fsp3) is 0.300. The molecule has 0 bridgehead atoms. The molecule has 42 heavy (non-hydrogen) atoms. The number of carbonyl (C=O) groups excluding carboxylic acids is 3. The summed E-state index contributed by atoms with van der Waals surface area (Å²) in [5.74, 6) is -0.734. The molecule has 2 aliphatic heterocycles. The summed E-state index contributed by atoms with van der Waals surface area (Å²) in [7, 11) is 0. The number of benzene rings is 2. The Morgan fingerprint density at radius 1 is 1.05 bits per heavy atom. The van der Waals surface area contributed by atoms with Crippen LogP contribution in [0.25, 0.3) is 11.3 Å². The molecule has 2 aromatic carbocycles. The second-order valence-electron chi connectivity index (χ2n) is 10.5. The Morgan fingerprint density at radius 3 is 2.55 bits per heavy atom. The molecule has 2 N–H and O–H groups in total. The molecule has 0 saturated carbocycles. The third-order valence-corrected chi connectivity index (χ3v) is 8.72. The third kappa shape index (κ3) is 6.70. The number of rotatable bonds is 8. The number of aromatic nitrogens is 3. The van der Waals surface area contributed by atoms with Crippen LogP contribution < -0.4 is 15.5 Å². The van der Waals surface area contributed by atoms with Crippen molar-refractivity contribution in [3.05, 3.63) is 81.6 Å². The maximum Gasteiger partial charge on any atom is 0.251 e. The molecule has 2 saturated heterocycles. The van der Waals surface area contributed by atoms with Crippen molar-refractivity contribution < 1.29 is 14.4 Å². The Hall–Kier alpha value is -4.06. The van der Waals surface area contributed by atoms with Crippen molar-refractivity contribution in [1.82, 2.24) is 25.2 Å². The second kappa shape index (κ2) is 12.4. The predicted molar refractivity (Wildman–Crippen MR) is 162 cm³/mol. The SMILES string of the molecule is O=C1CCC(n2cc(-c3csc(CC(=O)Nc4ccc(CN5CCN(c6ccc(Cl)cc6)CC5)cc4)c3)nn2)C(=O)N1. The van der Waals surface area contributed by atoms with Gasteiger partial charge in [0.1, 0.15) is 11.7 Å². The van der Waals surface area contributed by atoms with E-state index in [9.17, 15) is 14.4 Å². The van der Waals surface area contributed by atoms with Crippen molar-refractivity contribution in [3.8, 4) is 11.3 Å². The van der Waals surface area contributed by atoms with Gasteiger partial charge in [-0.25, -0.2) is 4.68 Å². The van der Waals surface area contributed by atoms with E-state index in [4.69, 9.17) is 11.6 Å². The monoisotopic (exact) mass is 603 g/mol. The largest absolute Gasteiger partial charge is 0.369 e. The molecule has 2 fully saturated rings. The average molecular weight is 604 g/mol. The first-order valence-electron chi connectivity index (χ1n) is 13.8. The van der Waals surface area contributed by atoms with Gasteiger partial charge in [0.15, 0.2) is 0 Å². The van der Waals surface area contributed by atoms with E-state index in [0.717, 1.165) is 53.9 Å². The number of anilines is 2. The van der Waals surface area contributed by atoms with E-state index in [2.05, 4.69) is 55.0 Å². The Kier molecular flexibility index (Phi) is 8.31. The number of piperazine rings is 1. The first-order chi connectivity index (χ1) is 20.4. The number of amides is 3. The van der Waals surface area contributed by atoms with Gasteiger partial charge in [-0.15, -0.1) is 16.4 Å². The summed E-state index contributed by atoms with van der Waals surface area (Å²) < 4.78 is 1.49. The highest BCUT2D eigenvalue weighted by molar-refractivity contribution is 7.10. The smallest absolute Gasteiger partial charge is 0.251 e. The lowest BCUT2D eigenvalue weighted by Gasteiger charge is -2.36. The van der Waals surface area contributed by atoms with E-state index < -0.39 is 6.04 Å². The number of thiophene rings is 1. The lowest BCUT2D eigenvalue weighted by molar-refractivity contribution is -0.136. The molecule has 0 spiro atoms. The standard InChI is InChI=1S/C30H30ClN7O3S/c31-22-3-7-24(8-4-22)37-13-11-36(12-14-37)17-20-1-5-23(6-2-20)32-29(40)16-25-15-21(19-42-25)26-18-38(35-34-26)27-9-10-28(39)33-30(27)41/h1-8,15,18-19,27H,9-14,16-17H2,(H,32,40)(H,33,39,41). The van der Waals surface area contributed by atoms with E-state index in [0.29, 0.717) is 12.1 Å². The predicted octanol–water partition coefficient (Wildman–Crippen LogP) is 4.14. The fourth-order valence-electron chi connectivity index (χ4n) is 5.23. The minimum absolute atomic E-state index is 0.0957. The molecule has 0 aliphatic carbocycles. The van der Waals surface area contributed by atoms with Crippen molar-refractivity contribution in [2.75, 3.05) is 36.4 Å². The molecular formula is C30H30ClN7O3S. The van der Waals surface area contributed by atoms with Crippen LogP contribution in [0.15, 0.2) is 66.2 Å². The van der Waals surface area contributed by atoms with E-state index in [1.165, 1.54) is 27.3 Å². The first kappa shape index (κ1) is 28.1. The molecular weight excluding hydrogens is 574 g/mol. The molecule has 216 valence electrons. The third-order valence-electron chi connectivity index (χ3n) is 7.53. The van der Waals surface area contributed by atoms with Crippen LogP contribution in [-0.4, -0.2) is 63.8 Å². The van der Waals surface area contributed by atoms with Crippen LogP contribution >= 0.6 is 22.9 Å². The van der Waals surface area contributed by atoms with Gasteiger partial charge in [0, 0.05) is 71.4 Å². The van der Waals surface area contributed by atoms with Crippen LogP contribution in [0.5, 0.6) is 0 Å². The summed E-state index contributed by atoms with van der Waals surface area (Å²) in [6, 6.07) is 17.4. The van der Waals surface area contributed by atoms with Crippen molar-refractivity contribution in [2.45, 2.75) is 31.8 Å². The van der Waals surface area contributed by atoms with Gasteiger partial charge < -0.3 is 10.2 Å². The van der Waals surface area contributed by atoms with Crippen LogP contribution in [0.4, 0.5) is 11.4 Å². The number of halogens is 1. The topological polar surface area (TPSA) is 112 Å². The molecule has 12 heteroatoms. The van der Waals surface area contributed by atoms with Gasteiger partial charge in [-0.05, 0) is 54.4 Å². The number of hydrogen-bond donors (Lipinski definition) is 2. The summed E-state index contributed by atoms with van der Waals surface area (Å²) >= 11 is 7.49. The minimum Gasteiger partial charge on any atom is -0.369 e. The van der Waals surface area contributed by atoms with Crippen molar-refractivity contribution >= 4 is 52.0 Å². The van der Waals surface area contributed by atoms with Crippen LogP contribution in [0, 0.1) is 0 Å². The Bertz CT molecular complexity index is 1580. The highest BCUT2D eigenvalue weighted by atomic mass is 35.5. The second-order valence-corrected chi connectivity index (χ2v) is 11.9. The van der Waals surface area contributed by atoms with Crippen molar-refractivity contribution in [2.24, 2.45) is 0 Å². The number of nitrogens with one attached hydrogen (secondary N) is 2. The summed E-state index contributed by atoms with van der Waals surface area (Å²) in [5, 5.41) is 16.3. The molecule has 2 aromatic heterocycles. The summed E-state index contributed by atoms with van der Waals surface area (Å²) in [6.45, 7) is 4.78. The summed E-state index contributed by atoms with van der Waals surface area (Å²) in [4.78, 5) is 42.0. The van der Waals surface area contributed by atoms with Crippen LogP contribution in [0.3, 0.4) is 0 Å². The zero-order valence-electron chi connectivity index (χ0n) is 22.8. The van der Waals surface area contributed by atoms with Gasteiger partial charge in [0.05, 0.1) is 12.6 Å². The number of hydrogen-bond acceptors (Lipinski definition) is 8. The minimum atomic E-state index is -0.551. The molecule has 10 nitrogen and oxygen atoms in total. The average Bonchev–Trinajstić information content (AvgIpc) is 3.65. The Balaban J connectivity index is 0.974. The van der Waals surface area contributed by atoms with E-state index >= 15 is 0 Å². The molecule has 3 amide bonds. The molecule has 0 radical (unpaired) electrons. The molecule has 6 rings (SSSR count). The highest BCUT2D eigenvalue weighted by Gasteiger charge is 2.29. The zero-order chi connectivity index (χ0) is 29.1. The van der Waals surface area contributed by atoms with Gasteiger partial charge in [0.25, 0.3) is 5.91 Å². The van der Waals surface area contributed by atoms with Crippen LogP contribution in [0.1, 0.15) is 29.3 Å².